The Kier molecular flexibility index (Phi) is 4.50. The van der Waals surface area contributed by atoms with Crippen LogP contribution in [0.2, 0.25) is 0 Å². The van der Waals surface area contributed by atoms with E-state index < -0.39 is 17.5 Å². The average molecular weight is 379 g/mol. The molecule has 0 radical (unpaired) electrons. The summed E-state index contributed by atoms with van der Waals surface area (Å²) in [4.78, 5) is 38.0. The molecule has 7 nitrogen and oxygen atoms in total. The van der Waals surface area contributed by atoms with E-state index in [0.29, 0.717) is 11.4 Å². The molecule has 2 aromatic carbocycles. The first-order valence-electron chi connectivity index (χ1n) is 9.22. The van der Waals surface area contributed by atoms with Crippen molar-refractivity contribution in [3.8, 4) is 11.5 Å². The molecule has 144 valence electrons. The summed E-state index contributed by atoms with van der Waals surface area (Å²) in [5.74, 6) is 0.756. The van der Waals surface area contributed by atoms with E-state index in [1.807, 2.05) is 30.3 Å². The number of urea groups is 1. The lowest BCUT2D eigenvalue weighted by Crippen LogP contribution is -2.46. The Morgan fingerprint density at radius 2 is 1.75 bits per heavy atom. The molecule has 28 heavy (non-hydrogen) atoms. The number of nitrogens with zero attached hydrogens (tertiary/aromatic N) is 1. The van der Waals surface area contributed by atoms with Crippen molar-refractivity contribution in [3.05, 3.63) is 54.6 Å². The van der Waals surface area contributed by atoms with Gasteiger partial charge >= 0.3 is 6.03 Å². The van der Waals surface area contributed by atoms with Gasteiger partial charge in [-0.2, -0.15) is 0 Å². The molecule has 1 heterocycles. The van der Waals surface area contributed by atoms with Gasteiger partial charge in [0, 0.05) is 5.69 Å². The van der Waals surface area contributed by atoms with Crippen LogP contribution in [0.1, 0.15) is 19.8 Å². The van der Waals surface area contributed by atoms with Gasteiger partial charge in [-0.15, -0.1) is 0 Å². The predicted molar refractivity (Wildman–Crippen MR) is 103 cm³/mol. The van der Waals surface area contributed by atoms with Crippen molar-refractivity contribution in [2.45, 2.75) is 25.3 Å². The van der Waals surface area contributed by atoms with Crippen LogP contribution in [0.15, 0.2) is 54.6 Å². The van der Waals surface area contributed by atoms with Crippen molar-refractivity contribution in [1.82, 2.24) is 10.2 Å². The van der Waals surface area contributed by atoms with Crippen LogP contribution in [-0.2, 0) is 9.59 Å². The van der Waals surface area contributed by atoms with Crippen LogP contribution in [-0.4, -0.2) is 34.8 Å². The molecule has 1 aliphatic heterocycles. The molecular formula is C21H21N3O4. The molecule has 0 unspecified atom stereocenters. The maximum Gasteiger partial charge on any atom is 0.325 e. The second-order valence-corrected chi connectivity index (χ2v) is 7.29. The van der Waals surface area contributed by atoms with E-state index in [4.69, 9.17) is 4.74 Å². The SMILES string of the molecule is C[C@]1(C2CC2)NC(=O)N(CC(=O)Nc2ccc(Oc3ccccc3)cc2)C1=O. The van der Waals surface area contributed by atoms with E-state index >= 15 is 0 Å². The minimum absolute atomic E-state index is 0.161. The summed E-state index contributed by atoms with van der Waals surface area (Å²) in [7, 11) is 0. The molecule has 1 saturated heterocycles. The number of anilines is 1. The zero-order valence-corrected chi connectivity index (χ0v) is 15.5. The van der Waals surface area contributed by atoms with Crippen LogP contribution in [0.3, 0.4) is 0 Å². The number of ether oxygens (including phenoxy) is 1. The van der Waals surface area contributed by atoms with Crippen molar-refractivity contribution in [2.24, 2.45) is 5.92 Å². The first kappa shape index (κ1) is 18.0. The largest absolute Gasteiger partial charge is 0.457 e. The summed E-state index contributed by atoms with van der Waals surface area (Å²) in [6.45, 7) is 1.42. The first-order chi connectivity index (χ1) is 13.5. The maximum absolute atomic E-state index is 12.6. The van der Waals surface area contributed by atoms with E-state index in [1.165, 1.54) is 0 Å². The summed E-state index contributed by atoms with van der Waals surface area (Å²) in [6.07, 6.45) is 1.83. The topological polar surface area (TPSA) is 87.7 Å². The van der Waals surface area contributed by atoms with Gasteiger partial charge in [-0.1, -0.05) is 18.2 Å². The third-order valence-electron chi connectivity index (χ3n) is 5.11. The predicted octanol–water partition coefficient (Wildman–Crippen LogP) is 3.14. The van der Waals surface area contributed by atoms with E-state index in [9.17, 15) is 14.4 Å². The lowest BCUT2D eigenvalue weighted by atomic mass is 9.96. The number of imide groups is 1. The molecule has 2 aliphatic rings. The van der Waals surface area contributed by atoms with Gasteiger partial charge in [-0.25, -0.2) is 4.79 Å². The van der Waals surface area contributed by atoms with Crippen LogP contribution in [0, 0.1) is 5.92 Å². The lowest BCUT2D eigenvalue weighted by molar-refractivity contribution is -0.134. The first-order valence-corrected chi connectivity index (χ1v) is 9.22. The maximum atomic E-state index is 12.6. The van der Waals surface area contributed by atoms with E-state index in [2.05, 4.69) is 10.6 Å². The number of para-hydroxylation sites is 1. The van der Waals surface area contributed by atoms with Gasteiger partial charge in [-0.05, 0) is 62.1 Å². The fourth-order valence-electron chi connectivity index (χ4n) is 3.37. The zero-order valence-electron chi connectivity index (χ0n) is 15.5. The molecule has 0 aromatic heterocycles. The van der Waals surface area contributed by atoms with Gasteiger partial charge in [-0.3, -0.25) is 14.5 Å². The third kappa shape index (κ3) is 3.55. The van der Waals surface area contributed by atoms with Gasteiger partial charge in [0.15, 0.2) is 0 Å². The molecule has 4 rings (SSSR count). The quantitative estimate of drug-likeness (QED) is 0.755. The molecule has 4 amide bonds. The smallest absolute Gasteiger partial charge is 0.325 e. The van der Waals surface area contributed by atoms with Gasteiger partial charge in [0.25, 0.3) is 5.91 Å². The van der Waals surface area contributed by atoms with E-state index in [0.717, 1.165) is 23.5 Å². The molecule has 2 N–H and O–H groups in total. The molecule has 0 spiro atoms. The highest BCUT2D eigenvalue weighted by Gasteiger charge is 2.56. The highest BCUT2D eigenvalue weighted by atomic mass is 16.5. The van der Waals surface area contributed by atoms with Crippen LogP contribution in [0.4, 0.5) is 10.5 Å². The fraction of sp³-hybridized carbons (Fsp3) is 0.286. The number of carbonyl (C=O) groups is 3. The summed E-state index contributed by atoms with van der Waals surface area (Å²) >= 11 is 0. The third-order valence-corrected chi connectivity index (χ3v) is 5.11. The van der Waals surface area contributed by atoms with Crippen LogP contribution < -0.4 is 15.4 Å². The Morgan fingerprint density at radius 1 is 1.11 bits per heavy atom. The number of amides is 4. The Morgan fingerprint density at radius 3 is 2.39 bits per heavy atom. The molecule has 7 heteroatoms. The molecule has 1 atom stereocenters. The van der Waals surface area contributed by atoms with Crippen LogP contribution in [0.5, 0.6) is 11.5 Å². The average Bonchev–Trinajstić information content (AvgIpc) is 3.50. The Bertz CT molecular complexity index is 909. The van der Waals surface area contributed by atoms with E-state index in [-0.39, 0.29) is 18.4 Å². The number of hydrogen-bond acceptors (Lipinski definition) is 4. The Hall–Kier alpha value is -3.35. The second-order valence-electron chi connectivity index (χ2n) is 7.29. The van der Waals surface area contributed by atoms with E-state index in [1.54, 1.807) is 31.2 Å². The lowest BCUT2D eigenvalue weighted by Gasteiger charge is -2.20. The monoisotopic (exact) mass is 379 g/mol. The number of benzene rings is 2. The minimum Gasteiger partial charge on any atom is -0.457 e. The number of nitrogens with one attached hydrogen (secondary N) is 2. The molecule has 0 bridgehead atoms. The number of hydrogen-bond donors (Lipinski definition) is 2. The van der Waals surface area contributed by atoms with Gasteiger partial charge in [0.05, 0.1) is 0 Å². The van der Waals surface area contributed by atoms with Crippen LogP contribution >= 0.6 is 0 Å². The minimum atomic E-state index is -0.881. The summed E-state index contributed by atoms with van der Waals surface area (Å²) in [5.41, 5.74) is -0.323. The van der Waals surface area contributed by atoms with Gasteiger partial charge < -0.3 is 15.4 Å². The standard InChI is InChI=1S/C21H21N3O4/c1-21(14-7-8-14)19(26)24(20(27)23-21)13-18(25)22-15-9-11-17(12-10-15)28-16-5-3-2-4-6-16/h2-6,9-12,14H,7-8,13H2,1H3,(H,22,25)(H,23,27)/t21-/m1/s1. The molecular weight excluding hydrogens is 358 g/mol. The fourth-order valence-corrected chi connectivity index (χ4v) is 3.37. The Labute approximate surface area is 162 Å². The zero-order chi connectivity index (χ0) is 19.7. The van der Waals surface area contributed by atoms with Crippen LogP contribution in [0.25, 0.3) is 0 Å². The number of rotatable bonds is 6. The molecule has 1 aliphatic carbocycles. The second kappa shape index (κ2) is 6.99. The van der Waals surface area contributed by atoms with Crippen molar-refractivity contribution >= 4 is 23.5 Å². The highest BCUT2D eigenvalue weighted by molar-refractivity contribution is 6.10. The Balaban J connectivity index is 1.35. The molecule has 2 fully saturated rings. The van der Waals surface area contributed by atoms with Gasteiger partial charge in [0.2, 0.25) is 5.91 Å². The summed E-state index contributed by atoms with van der Waals surface area (Å²) in [5, 5.41) is 5.44. The molecule has 2 aromatic rings. The normalized spacial score (nSPS) is 21.4. The van der Waals surface area contributed by atoms with Crippen molar-refractivity contribution < 1.29 is 19.1 Å². The number of carbonyl (C=O) groups excluding carboxylic acids is 3. The van der Waals surface area contributed by atoms with Crippen molar-refractivity contribution in [1.29, 1.82) is 0 Å². The summed E-state index contributed by atoms with van der Waals surface area (Å²) in [6, 6.07) is 15.7. The molecule has 1 saturated carbocycles. The highest BCUT2D eigenvalue weighted by Crippen LogP contribution is 2.42. The van der Waals surface area contributed by atoms with Gasteiger partial charge in [0.1, 0.15) is 23.6 Å². The summed E-state index contributed by atoms with van der Waals surface area (Å²) < 4.78 is 5.71. The van der Waals surface area contributed by atoms with Crippen molar-refractivity contribution in [2.75, 3.05) is 11.9 Å². The van der Waals surface area contributed by atoms with Crippen molar-refractivity contribution in [3.63, 3.8) is 0 Å².